The van der Waals surface area contributed by atoms with E-state index >= 15 is 0 Å². The molecule has 0 spiro atoms. The molecule has 98 valence electrons. The zero-order chi connectivity index (χ0) is 11.9. The average Bonchev–Trinajstić information content (AvgIpc) is 2.97. The molecule has 3 heteroatoms. The molecule has 3 aliphatic rings. The fourth-order valence-electron chi connectivity index (χ4n) is 3.74. The van der Waals surface area contributed by atoms with Crippen LogP contribution in [-0.4, -0.2) is 46.5 Å². The predicted octanol–water partition coefficient (Wildman–Crippen LogP) is 1.38. The Morgan fingerprint density at radius 2 is 1.76 bits per heavy atom. The molecule has 0 aromatic heterocycles. The maximum atomic E-state index is 10.2. The summed E-state index contributed by atoms with van der Waals surface area (Å²) in [4.78, 5) is 2.22. The monoisotopic (exact) mass is 239 g/mol. The molecule has 3 fully saturated rings. The summed E-state index contributed by atoms with van der Waals surface area (Å²) in [5.74, 6) is 1.32. The lowest BCUT2D eigenvalue weighted by molar-refractivity contribution is -0.123. The van der Waals surface area contributed by atoms with E-state index < -0.39 is 5.60 Å². The summed E-state index contributed by atoms with van der Waals surface area (Å²) in [6, 6.07) is 0. The van der Waals surface area contributed by atoms with Crippen molar-refractivity contribution in [3.05, 3.63) is 0 Å². The lowest BCUT2D eigenvalue weighted by atomic mass is 9.88. The third kappa shape index (κ3) is 2.67. The molecule has 2 aliphatic carbocycles. The van der Waals surface area contributed by atoms with Crippen molar-refractivity contribution in [3.63, 3.8) is 0 Å². The van der Waals surface area contributed by atoms with Gasteiger partial charge in [0.05, 0.1) is 11.7 Å². The Morgan fingerprint density at radius 3 is 2.35 bits per heavy atom. The molecular weight excluding hydrogens is 214 g/mol. The Bertz CT molecular complexity index is 263. The predicted molar refractivity (Wildman–Crippen MR) is 66.7 cm³/mol. The van der Waals surface area contributed by atoms with Gasteiger partial charge in [-0.25, -0.2) is 0 Å². The van der Waals surface area contributed by atoms with Gasteiger partial charge in [-0.05, 0) is 31.1 Å². The fraction of sp³-hybridized carbons (Fsp3) is 1.00. The van der Waals surface area contributed by atoms with E-state index in [0.29, 0.717) is 5.92 Å². The molecule has 0 amide bonds. The summed E-state index contributed by atoms with van der Waals surface area (Å²) in [6.45, 7) is 2.35. The minimum Gasteiger partial charge on any atom is -0.392 e. The summed E-state index contributed by atoms with van der Waals surface area (Å²) < 4.78 is 0. The van der Waals surface area contributed by atoms with Gasteiger partial charge in [0.15, 0.2) is 0 Å². The van der Waals surface area contributed by atoms with E-state index in [0.717, 1.165) is 32.0 Å². The van der Waals surface area contributed by atoms with Crippen LogP contribution in [0.2, 0.25) is 0 Å². The van der Waals surface area contributed by atoms with Gasteiger partial charge >= 0.3 is 0 Å². The van der Waals surface area contributed by atoms with E-state index in [1.807, 2.05) is 0 Å². The van der Waals surface area contributed by atoms with Crippen LogP contribution >= 0.6 is 0 Å². The van der Waals surface area contributed by atoms with Crippen LogP contribution in [0.1, 0.15) is 44.9 Å². The number of hydrogen-bond acceptors (Lipinski definition) is 3. The Balaban J connectivity index is 1.36. The number of aliphatic hydroxyl groups is 2. The van der Waals surface area contributed by atoms with Crippen LogP contribution in [0.25, 0.3) is 0 Å². The van der Waals surface area contributed by atoms with Crippen LogP contribution < -0.4 is 0 Å². The number of rotatable bonds is 5. The van der Waals surface area contributed by atoms with E-state index in [-0.39, 0.29) is 6.10 Å². The summed E-state index contributed by atoms with van der Waals surface area (Å²) in [5.41, 5.74) is -0.396. The first-order valence-corrected chi connectivity index (χ1v) is 7.28. The molecule has 1 heterocycles. The summed E-state index contributed by atoms with van der Waals surface area (Å²) in [6.07, 6.45) is 8.52. The Kier molecular flexibility index (Phi) is 3.18. The van der Waals surface area contributed by atoms with Gasteiger partial charge in [-0.2, -0.15) is 0 Å². The van der Waals surface area contributed by atoms with E-state index in [9.17, 15) is 10.2 Å². The lowest BCUT2D eigenvalue weighted by Crippen LogP contribution is -2.64. The van der Waals surface area contributed by atoms with Gasteiger partial charge < -0.3 is 10.2 Å². The molecule has 1 aliphatic heterocycles. The second-order valence-corrected chi connectivity index (χ2v) is 6.59. The maximum Gasteiger partial charge on any atom is 0.0928 e. The lowest BCUT2D eigenvalue weighted by Gasteiger charge is -2.47. The SMILES string of the molecule is OC(CC1CCCC1)CN1CC(O)(C2CC2)C1. The van der Waals surface area contributed by atoms with Crippen molar-refractivity contribution in [1.82, 2.24) is 4.90 Å². The van der Waals surface area contributed by atoms with Gasteiger partial charge in [-0.3, -0.25) is 4.90 Å². The second kappa shape index (κ2) is 4.52. The molecular formula is C14H25NO2. The average molecular weight is 239 g/mol. The smallest absolute Gasteiger partial charge is 0.0928 e. The van der Waals surface area contributed by atoms with Gasteiger partial charge in [0.25, 0.3) is 0 Å². The molecule has 2 saturated carbocycles. The van der Waals surface area contributed by atoms with Crippen molar-refractivity contribution in [3.8, 4) is 0 Å². The van der Waals surface area contributed by atoms with E-state index in [4.69, 9.17) is 0 Å². The van der Waals surface area contributed by atoms with Crippen LogP contribution in [0.15, 0.2) is 0 Å². The molecule has 17 heavy (non-hydrogen) atoms. The summed E-state index contributed by atoms with van der Waals surface area (Å²) >= 11 is 0. The standard InChI is InChI=1S/C14H25NO2/c16-13(7-11-3-1-2-4-11)8-15-9-14(17,10-15)12-5-6-12/h11-13,16-17H,1-10H2. The number of hydrogen-bond donors (Lipinski definition) is 2. The third-order valence-electron chi connectivity index (χ3n) is 4.88. The topological polar surface area (TPSA) is 43.7 Å². The van der Waals surface area contributed by atoms with Crippen LogP contribution in [0.4, 0.5) is 0 Å². The molecule has 2 N–H and O–H groups in total. The molecule has 0 bridgehead atoms. The van der Waals surface area contributed by atoms with Gasteiger partial charge in [-0.1, -0.05) is 25.7 Å². The summed E-state index contributed by atoms with van der Waals surface area (Å²) in [5, 5.41) is 20.2. The number of aliphatic hydroxyl groups excluding tert-OH is 1. The molecule has 1 unspecified atom stereocenters. The van der Waals surface area contributed by atoms with Crippen molar-refractivity contribution < 1.29 is 10.2 Å². The minimum atomic E-state index is -0.396. The zero-order valence-corrected chi connectivity index (χ0v) is 10.6. The third-order valence-corrected chi connectivity index (χ3v) is 4.88. The summed E-state index contributed by atoms with van der Waals surface area (Å²) in [7, 11) is 0. The van der Waals surface area contributed by atoms with Crippen molar-refractivity contribution in [1.29, 1.82) is 0 Å². The van der Waals surface area contributed by atoms with E-state index in [2.05, 4.69) is 4.90 Å². The zero-order valence-electron chi connectivity index (χ0n) is 10.6. The highest BCUT2D eigenvalue weighted by atomic mass is 16.3. The first-order chi connectivity index (χ1) is 8.16. The van der Waals surface area contributed by atoms with Gasteiger partial charge in [0, 0.05) is 19.6 Å². The molecule has 0 aromatic carbocycles. The van der Waals surface area contributed by atoms with Crippen molar-refractivity contribution in [2.75, 3.05) is 19.6 Å². The first-order valence-electron chi connectivity index (χ1n) is 7.28. The molecule has 0 radical (unpaired) electrons. The number of likely N-dealkylation sites (tertiary alicyclic amines) is 1. The maximum absolute atomic E-state index is 10.2. The number of nitrogens with zero attached hydrogens (tertiary/aromatic N) is 1. The van der Waals surface area contributed by atoms with Crippen molar-refractivity contribution in [2.45, 2.75) is 56.7 Å². The van der Waals surface area contributed by atoms with Crippen molar-refractivity contribution >= 4 is 0 Å². The molecule has 1 atom stereocenters. The Morgan fingerprint density at radius 1 is 1.12 bits per heavy atom. The molecule has 3 nitrogen and oxygen atoms in total. The Hall–Kier alpha value is -0.120. The quantitative estimate of drug-likeness (QED) is 0.762. The largest absolute Gasteiger partial charge is 0.392 e. The normalized spacial score (nSPS) is 31.4. The van der Waals surface area contributed by atoms with Gasteiger partial charge in [0.1, 0.15) is 0 Å². The molecule has 0 aromatic rings. The highest BCUT2D eigenvalue weighted by Crippen LogP contribution is 2.44. The molecule has 3 rings (SSSR count). The van der Waals surface area contributed by atoms with Gasteiger partial charge in [0.2, 0.25) is 0 Å². The van der Waals surface area contributed by atoms with E-state index in [1.165, 1.54) is 38.5 Å². The van der Waals surface area contributed by atoms with Crippen LogP contribution in [0.3, 0.4) is 0 Å². The first kappa shape index (κ1) is 11.9. The highest BCUT2D eigenvalue weighted by Gasteiger charge is 2.51. The number of β-amino-alcohol motifs (C(OH)–C–C–N with tert-alkyl or cyclic N) is 2. The van der Waals surface area contributed by atoms with Crippen LogP contribution in [0.5, 0.6) is 0 Å². The minimum absolute atomic E-state index is 0.179. The Labute approximate surface area is 104 Å². The second-order valence-electron chi connectivity index (χ2n) is 6.59. The van der Waals surface area contributed by atoms with Crippen LogP contribution in [0, 0.1) is 11.8 Å². The van der Waals surface area contributed by atoms with Crippen LogP contribution in [-0.2, 0) is 0 Å². The van der Waals surface area contributed by atoms with E-state index in [1.54, 1.807) is 0 Å². The van der Waals surface area contributed by atoms with Gasteiger partial charge in [-0.15, -0.1) is 0 Å². The van der Waals surface area contributed by atoms with Crippen molar-refractivity contribution in [2.24, 2.45) is 11.8 Å². The highest BCUT2D eigenvalue weighted by molar-refractivity contribution is 5.05. The molecule has 1 saturated heterocycles. The fourth-order valence-corrected chi connectivity index (χ4v) is 3.74.